The van der Waals surface area contributed by atoms with Gasteiger partial charge in [-0.05, 0) is 0 Å². The highest BCUT2D eigenvalue weighted by Gasteiger charge is 2.38. The number of likely N-dealkylation sites (tertiary alicyclic amines) is 1. The number of nitrogens with zero attached hydrogens (tertiary/aromatic N) is 1. The van der Waals surface area contributed by atoms with Crippen LogP contribution in [0.25, 0.3) is 0 Å². The van der Waals surface area contributed by atoms with Crippen LogP contribution in [0.2, 0.25) is 0 Å². The molecule has 84 valence electrons. The molecule has 0 saturated carbocycles. The van der Waals surface area contributed by atoms with E-state index < -0.39 is 5.97 Å². The van der Waals surface area contributed by atoms with Crippen LogP contribution in [0.1, 0.15) is 12.8 Å². The lowest BCUT2D eigenvalue weighted by molar-refractivity contribution is -0.140. The van der Waals surface area contributed by atoms with Crippen molar-refractivity contribution < 1.29 is 19.4 Å². The van der Waals surface area contributed by atoms with E-state index in [9.17, 15) is 9.59 Å². The fraction of sp³-hybridized carbons (Fsp3) is 0.800. The molecule has 1 N–H and O–H groups in total. The molecule has 0 spiro atoms. The van der Waals surface area contributed by atoms with Crippen molar-refractivity contribution in [3.63, 3.8) is 0 Å². The molecule has 15 heavy (non-hydrogen) atoms. The van der Waals surface area contributed by atoms with Gasteiger partial charge < -0.3 is 14.7 Å². The molecule has 0 aromatic carbocycles. The Morgan fingerprint density at radius 1 is 1.20 bits per heavy atom. The number of hydrogen-bond acceptors (Lipinski definition) is 3. The Bertz CT molecular complexity index is 267. The molecule has 2 aliphatic heterocycles. The Morgan fingerprint density at radius 3 is 2.33 bits per heavy atom. The molecule has 0 aliphatic carbocycles. The Hall–Kier alpha value is -1.10. The van der Waals surface area contributed by atoms with Crippen molar-refractivity contribution in [1.29, 1.82) is 0 Å². The Balaban J connectivity index is 1.80. The number of hydrogen-bond donors (Lipinski definition) is 1. The summed E-state index contributed by atoms with van der Waals surface area (Å²) in [7, 11) is 0. The number of carboxylic acids is 1. The quantitative estimate of drug-likeness (QED) is 0.714. The first kappa shape index (κ1) is 10.4. The fourth-order valence-electron chi connectivity index (χ4n) is 2.26. The molecule has 5 nitrogen and oxygen atoms in total. The van der Waals surface area contributed by atoms with Crippen LogP contribution in [0.4, 0.5) is 0 Å². The minimum absolute atomic E-state index is 0.0354. The van der Waals surface area contributed by atoms with E-state index in [1.54, 1.807) is 4.90 Å². The number of carbonyl (C=O) groups is 2. The predicted octanol–water partition coefficient (Wildman–Crippen LogP) is -0.0440. The number of rotatable bonds is 3. The second-order valence-electron chi connectivity index (χ2n) is 4.25. The highest BCUT2D eigenvalue weighted by atomic mass is 16.5. The first-order valence-electron chi connectivity index (χ1n) is 5.24. The Kier molecular flexibility index (Phi) is 2.90. The maximum absolute atomic E-state index is 11.6. The van der Waals surface area contributed by atoms with E-state index in [2.05, 4.69) is 0 Å². The molecule has 0 aromatic rings. The monoisotopic (exact) mass is 213 g/mol. The third kappa shape index (κ3) is 2.28. The molecule has 2 heterocycles. The van der Waals surface area contributed by atoms with Crippen LogP contribution in [0.3, 0.4) is 0 Å². The van der Waals surface area contributed by atoms with Crippen LogP contribution >= 0.6 is 0 Å². The first-order chi connectivity index (χ1) is 7.16. The summed E-state index contributed by atoms with van der Waals surface area (Å²) in [5.41, 5.74) is 0. The molecular formula is C10H15NO4. The third-order valence-corrected chi connectivity index (χ3v) is 3.15. The van der Waals surface area contributed by atoms with Crippen molar-refractivity contribution in [2.24, 2.45) is 11.8 Å². The summed E-state index contributed by atoms with van der Waals surface area (Å²) < 4.78 is 5.31. The molecule has 2 fully saturated rings. The largest absolute Gasteiger partial charge is 0.481 e. The number of aliphatic carboxylic acids is 1. The van der Waals surface area contributed by atoms with Crippen LogP contribution in [-0.4, -0.2) is 48.2 Å². The van der Waals surface area contributed by atoms with Crippen LogP contribution in [0, 0.1) is 11.8 Å². The summed E-state index contributed by atoms with van der Waals surface area (Å²) in [4.78, 5) is 23.7. The highest BCUT2D eigenvalue weighted by molar-refractivity contribution is 5.80. The van der Waals surface area contributed by atoms with Crippen LogP contribution in [-0.2, 0) is 14.3 Å². The summed E-state index contributed by atoms with van der Waals surface area (Å²) in [5, 5.41) is 8.48. The van der Waals surface area contributed by atoms with E-state index in [1.165, 1.54) is 0 Å². The second-order valence-corrected chi connectivity index (χ2v) is 4.25. The van der Waals surface area contributed by atoms with Gasteiger partial charge in [0.1, 0.15) is 0 Å². The zero-order valence-corrected chi connectivity index (χ0v) is 8.52. The number of amides is 1. The predicted molar refractivity (Wildman–Crippen MR) is 51.2 cm³/mol. The van der Waals surface area contributed by atoms with Gasteiger partial charge >= 0.3 is 5.97 Å². The van der Waals surface area contributed by atoms with Crippen LogP contribution in [0.5, 0.6) is 0 Å². The van der Waals surface area contributed by atoms with Gasteiger partial charge in [0.15, 0.2) is 0 Å². The maximum atomic E-state index is 11.6. The summed E-state index contributed by atoms with van der Waals surface area (Å²) in [5.74, 6) is -0.00423. The molecule has 0 bridgehead atoms. The molecule has 2 atom stereocenters. The topological polar surface area (TPSA) is 66.8 Å². The first-order valence-corrected chi connectivity index (χ1v) is 5.24. The van der Waals surface area contributed by atoms with Crippen LogP contribution < -0.4 is 0 Å². The van der Waals surface area contributed by atoms with Crippen LogP contribution in [0.15, 0.2) is 0 Å². The SMILES string of the molecule is O=C(O)CCC(=O)N1C[C@H]2COC[C@H]2C1. The molecule has 1 amide bonds. The van der Waals surface area contributed by atoms with Crippen molar-refractivity contribution >= 4 is 11.9 Å². The molecule has 5 heteroatoms. The van der Waals surface area contributed by atoms with Crippen molar-refractivity contribution in [3.8, 4) is 0 Å². The van der Waals surface area contributed by atoms with Crippen molar-refractivity contribution in [1.82, 2.24) is 4.90 Å². The lowest BCUT2D eigenvalue weighted by Gasteiger charge is -2.16. The number of carbonyl (C=O) groups excluding carboxylic acids is 1. The van der Waals surface area contributed by atoms with Gasteiger partial charge in [-0.3, -0.25) is 9.59 Å². The van der Waals surface area contributed by atoms with E-state index in [0.717, 1.165) is 26.3 Å². The molecule has 2 aliphatic rings. The molecule has 0 aromatic heterocycles. The molecule has 0 radical (unpaired) electrons. The van der Waals surface area contributed by atoms with E-state index >= 15 is 0 Å². The normalized spacial score (nSPS) is 29.2. The zero-order valence-electron chi connectivity index (χ0n) is 8.52. The van der Waals surface area contributed by atoms with Gasteiger partial charge in [-0.25, -0.2) is 0 Å². The summed E-state index contributed by atoms with van der Waals surface area (Å²) in [6.45, 7) is 2.97. The summed E-state index contributed by atoms with van der Waals surface area (Å²) >= 11 is 0. The Labute approximate surface area is 88.0 Å². The average Bonchev–Trinajstić information content (AvgIpc) is 2.72. The highest BCUT2D eigenvalue weighted by Crippen LogP contribution is 2.29. The number of carboxylic acid groups (broad SMARTS) is 1. The minimum Gasteiger partial charge on any atom is -0.481 e. The van der Waals surface area contributed by atoms with Crippen molar-refractivity contribution in [3.05, 3.63) is 0 Å². The van der Waals surface area contributed by atoms with Gasteiger partial charge in [0.25, 0.3) is 0 Å². The Morgan fingerprint density at radius 2 is 1.80 bits per heavy atom. The third-order valence-electron chi connectivity index (χ3n) is 3.15. The standard InChI is InChI=1S/C10H15NO4/c12-9(1-2-10(13)14)11-3-7-5-15-6-8(7)4-11/h7-8H,1-6H2,(H,13,14)/t7-,8+. The molecule has 0 unspecified atom stereocenters. The second kappa shape index (κ2) is 4.18. The summed E-state index contributed by atoms with van der Waals surface area (Å²) in [6.07, 6.45) is 0.0524. The molecule has 2 saturated heterocycles. The summed E-state index contributed by atoms with van der Waals surface area (Å²) in [6, 6.07) is 0. The maximum Gasteiger partial charge on any atom is 0.303 e. The van der Waals surface area contributed by atoms with Gasteiger partial charge in [-0.1, -0.05) is 0 Å². The van der Waals surface area contributed by atoms with Gasteiger partial charge in [-0.15, -0.1) is 0 Å². The zero-order chi connectivity index (χ0) is 10.8. The average molecular weight is 213 g/mol. The van der Waals surface area contributed by atoms with Gasteiger partial charge in [0, 0.05) is 31.3 Å². The molecular weight excluding hydrogens is 198 g/mol. The smallest absolute Gasteiger partial charge is 0.303 e. The van der Waals surface area contributed by atoms with Gasteiger partial charge in [0.2, 0.25) is 5.91 Å². The lowest BCUT2D eigenvalue weighted by atomic mass is 10.0. The fourth-order valence-corrected chi connectivity index (χ4v) is 2.26. The van der Waals surface area contributed by atoms with Gasteiger partial charge in [0.05, 0.1) is 19.6 Å². The van der Waals surface area contributed by atoms with E-state index in [1.807, 2.05) is 0 Å². The molecule has 2 rings (SSSR count). The van der Waals surface area contributed by atoms with E-state index in [4.69, 9.17) is 9.84 Å². The van der Waals surface area contributed by atoms with E-state index in [-0.39, 0.29) is 18.7 Å². The number of fused-ring (bicyclic) bond motifs is 1. The lowest BCUT2D eigenvalue weighted by Crippen LogP contribution is -2.30. The number of ether oxygens (including phenoxy) is 1. The van der Waals surface area contributed by atoms with Crippen molar-refractivity contribution in [2.45, 2.75) is 12.8 Å². The van der Waals surface area contributed by atoms with Crippen molar-refractivity contribution in [2.75, 3.05) is 26.3 Å². The minimum atomic E-state index is -0.911. The van der Waals surface area contributed by atoms with E-state index in [0.29, 0.717) is 11.8 Å². The van der Waals surface area contributed by atoms with Gasteiger partial charge in [-0.2, -0.15) is 0 Å².